The molecule has 1 saturated heterocycles. The molecule has 1 aromatic carbocycles. The number of fused-ring (bicyclic) bond motifs is 1. The lowest BCUT2D eigenvalue weighted by molar-refractivity contribution is -0.323. The number of hydrogen-bond acceptors (Lipinski definition) is 6. The molecular weight excluding hydrogens is 374 g/mol. The molecule has 4 rings (SSSR count). The van der Waals surface area contributed by atoms with Crippen LogP contribution < -0.4 is 0 Å². The Balaban J connectivity index is 1.61. The van der Waals surface area contributed by atoms with Crippen molar-refractivity contribution in [3.63, 3.8) is 0 Å². The molecule has 1 atom stereocenters. The first-order chi connectivity index (χ1) is 13.2. The Labute approximate surface area is 158 Å². The van der Waals surface area contributed by atoms with Crippen molar-refractivity contribution in [2.45, 2.75) is 31.3 Å². The molecule has 3 heterocycles. The molecule has 9 heteroatoms. The first-order valence-corrected chi connectivity index (χ1v) is 8.78. The standard InChI is InChI=1S/C19H18F2N2O5/c1-18(26)5-7-23(19(18)27-16(24)2-3-17(25)28-19)6-4-11-10-22-15-9-14(21)13(20)8-12(11)15/h2-3,8-10,22,26H,4-7H2,1H3. The second-order valence-electron chi connectivity index (χ2n) is 7.14. The molecule has 1 fully saturated rings. The number of aromatic nitrogens is 1. The highest BCUT2D eigenvalue weighted by Crippen LogP contribution is 2.42. The summed E-state index contributed by atoms with van der Waals surface area (Å²) in [6, 6.07) is 2.19. The summed E-state index contributed by atoms with van der Waals surface area (Å²) >= 11 is 0. The average Bonchev–Trinajstić information content (AvgIpc) is 3.04. The fraction of sp³-hybridized carbons (Fsp3) is 0.368. The van der Waals surface area contributed by atoms with Gasteiger partial charge in [-0.3, -0.25) is 0 Å². The second kappa shape index (κ2) is 6.39. The Morgan fingerprint density at radius 2 is 1.82 bits per heavy atom. The molecule has 28 heavy (non-hydrogen) atoms. The van der Waals surface area contributed by atoms with Gasteiger partial charge in [0, 0.05) is 48.4 Å². The van der Waals surface area contributed by atoms with Gasteiger partial charge in [-0.25, -0.2) is 23.3 Å². The highest BCUT2D eigenvalue weighted by Gasteiger charge is 2.63. The lowest BCUT2D eigenvalue weighted by atomic mass is 10.0. The van der Waals surface area contributed by atoms with Gasteiger partial charge in [-0.15, -0.1) is 0 Å². The van der Waals surface area contributed by atoms with E-state index < -0.39 is 35.1 Å². The summed E-state index contributed by atoms with van der Waals surface area (Å²) in [7, 11) is 0. The summed E-state index contributed by atoms with van der Waals surface area (Å²) in [4.78, 5) is 28.3. The zero-order valence-electron chi connectivity index (χ0n) is 15.0. The lowest BCUT2D eigenvalue weighted by Crippen LogP contribution is -2.61. The number of ether oxygens (including phenoxy) is 2. The van der Waals surface area contributed by atoms with Crippen LogP contribution in [0.4, 0.5) is 8.78 Å². The Kier molecular flexibility index (Phi) is 4.24. The van der Waals surface area contributed by atoms with Crippen molar-refractivity contribution in [3.05, 3.63) is 47.7 Å². The number of halogens is 2. The molecular formula is C19H18F2N2O5. The smallest absolute Gasteiger partial charge is 0.350 e. The van der Waals surface area contributed by atoms with Gasteiger partial charge in [-0.1, -0.05) is 0 Å². The lowest BCUT2D eigenvalue weighted by Gasteiger charge is -2.41. The van der Waals surface area contributed by atoms with Gasteiger partial charge in [0.05, 0.1) is 0 Å². The van der Waals surface area contributed by atoms with Crippen molar-refractivity contribution < 1.29 is 33.0 Å². The topological polar surface area (TPSA) is 91.9 Å². The number of aromatic amines is 1. The zero-order valence-corrected chi connectivity index (χ0v) is 15.0. The summed E-state index contributed by atoms with van der Waals surface area (Å²) < 4.78 is 37.7. The summed E-state index contributed by atoms with van der Waals surface area (Å²) in [6.07, 6.45) is 4.09. The minimum absolute atomic E-state index is 0.210. The van der Waals surface area contributed by atoms with Crippen LogP contribution in [0.3, 0.4) is 0 Å². The largest absolute Gasteiger partial charge is 0.402 e. The van der Waals surface area contributed by atoms with Gasteiger partial charge in [0.15, 0.2) is 17.2 Å². The van der Waals surface area contributed by atoms with Crippen LogP contribution in [0.1, 0.15) is 18.9 Å². The summed E-state index contributed by atoms with van der Waals surface area (Å²) in [5.74, 6) is -5.45. The van der Waals surface area contributed by atoms with Crippen LogP contribution in [0.25, 0.3) is 10.9 Å². The number of carbonyl (C=O) groups is 2. The number of esters is 2. The molecule has 0 bridgehead atoms. The van der Waals surface area contributed by atoms with Crippen LogP contribution in [0, 0.1) is 11.6 Å². The Hall–Kier alpha value is -2.78. The minimum atomic E-state index is -1.95. The van der Waals surface area contributed by atoms with Crippen LogP contribution >= 0.6 is 0 Å². The van der Waals surface area contributed by atoms with E-state index in [1.54, 1.807) is 11.1 Å². The van der Waals surface area contributed by atoms with E-state index in [-0.39, 0.29) is 13.0 Å². The molecule has 1 spiro atoms. The number of carbonyl (C=O) groups excluding carboxylic acids is 2. The molecule has 148 valence electrons. The first kappa shape index (κ1) is 18.6. The average molecular weight is 392 g/mol. The first-order valence-electron chi connectivity index (χ1n) is 8.78. The molecule has 0 aliphatic carbocycles. The SMILES string of the molecule is CC1(O)CCN(CCc2c[nH]c3cc(F)c(F)cc23)C12OC(=O)C=CC(=O)O2. The van der Waals surface area contributed by atoms with Gasteiger partial charge in [-0.05, 0) is 31.4 Å². The maximum absolute atomic E-state index is 13.6. The number of benzene rings is 1. The van der Waals surface area contributed by atoms with E-state index >= 15 is 0 Å². The number of rotatable bonds is 3. The molecule has 1 unspecified atom stereocenters. The number of likely N-dealkylation sites (tertiary alicyclic amines) is 1. The predicted octanol–water partition coefficient (Wildman–Crippen LogP) is 1.76. The number of H-pyrrole nitrogens is 1. The maximum Gasteiger partial charge on any atom is 0.350 e. The van der Waals surface area contributed by atoms with E-state index in [2.05, 4.69) is 4.98 Å². The molecule has 0 saturated carbocycles. The molecule has 0 amide bonds. The van der Waals surface area contributed by atoms with Gasteiger partial charge in [0.1, 0.15) is 0 Å². The molecule has 2 N–H and O–H groups in total. The maximum atomic E-state index is 13.6. The fourth-order valence-electron chi connectivity index (χ4n) is 3.74. The third-order valence-corrected chi connectivity index (χ3v) is 5.26. The fourth-order valence-corrected chi connectivity index (χ4v) is 3.74. The van der Waals surface area contributed by atoms with E-state index in [1.807, 2.05) is 0 Å². The summed E-state index contributed by atoms with van der Waals surface area (Å²) in [5, 5.41) is 11.3. The van der Waals surface area contributed by atoms with Crippen LogP contribution in [0.2, 0.25) is 0 Å². The highest BCUT2D eigenvalue weighted by molar-refractivity contribution is 5.93. The number of nitrogens with one attached hydrogen (secondary N) is 1. The predicted molar refractivity (Wildman–Crippen MR) is 92.8 cm³/mol. The molecule has 0 radical (unpaired) electrons. The number of nitrogens with zero attached hydrogens (tertiary/aromatic N) is 1. The number of hydrogen-bond donors (Lipinski definition) is 2. The molecule has 7 nitrogen and oxygen atoms in total. The van der Waals surface area contributed by atoms with Gasteiger partial charge >= 0.3 is 17.8 Å². The van der Waals surface area contributed by atoms with Crippen LogP contribution in [-0.4, -0.2) is 51.5 Å². The van der Waals surface area contributed by atoms with Crippen molar-refractivity contribution in [2.75, 3.05) is 13.1 Å². The van der Waals surface area contributed by atoms with Crippen molar-refractivity contribution in [2.24, 2.45) is 0 Å². The third kappa shape index (κ3) is 2.87. The van der Waals surface area contributed by atoms with Crippen molar-refractivity contribution in [3.8, 4) is 0 Å². The molecule has 2 aliphatic heterocycles. The minimum Gasteiger partial charge on any atom is -0.402 e. The monoisotopic (exact) mass is 392 g/mol. The van der Waals surface area contributed by atoms with Gasteiger partial charge in [0.25, 0.3) is 0 Å². The third-order valence-electron chi connectivity index (χ3n) is 5.26. The molecule has 1 aromatic heterocycles. The van der Waals surface area contributed by atoms with Crippen molar-refractivity contribution >= 4 is 22.8 Å². The van der Waals surface area contributed by atoms with E-state index in [0.29, 0.717) is 29.4 Å². The second-order valence-corrected chi connectivity index (χ2v) is 7.14. The van der Waals surface area contributed by atoms with Gasteiger partial charge in [0.2, 0.25) is 0 Å². The molecule has 2 aliphatic rings. The number of aliphatic hydroxyl groups is 1. The van der Waals surface area contributed by atoms with Crippen molar-refractivity contribution in [1.29, 1.82) is 0 Å². The zero-order chi connectivity index (χ0) is 20.1. The highest BCUT2D eigenvalue weighted by atomic mass is 19.2. The van der Waals surface area contributed by atoms with Gasteiger partial charge in [-0.2, -0.15) is 0 Å². The van der Waals surface area contributed by atoms with E-state index in [1.165, 1.54) is 6.92 Å². The Morgan fingerprint density at radius 1 is 1.18 bits per heavy atom. The Bertz CT molecular complexity index is 978. The van der Waals surface area contributed by atoms with Crippen LogP contribution in [-0.2, 0) is 25.5 Å². The van der Waals surface area contributed by atoms with E-state index in [0.717, 1.165) is 24.3 Å². The van der Waals surface area contributed by atoms with Gasteiger partial charge < -0.3 is 19.6 Å². The summed E-state index contributed by atoms with van der Waals surface area (Å²) in [6.45, 7) is 1.98. The summed E-state index contributed by atoms with van der Waals surface area (Å²) in [5.41, 5.74) is -0.451. The van der Waals surface area contributed by atoms with Crippen molar-refractivity contribution in [1.82, 2.24) is 9.88 Å². The molecule has 2 aromatic rings. The quantitative estimate of drug-likeness (QED) is 0.774. The van der Waals surface area contributed by atoms with Crippen LogP contribution in [0.15, 0.2) is 30.5 Å². The van der Waals surface area contributed by atoms with Crippen LogP contribution in [0.5, 0.6) is 0 Å². The van der Waals surface area contributed by atoms with E-state index in [4.69, 9.17) is 9.47 Å². The Morgan fingerprint density at radius 3 is 2.50 bits per heavy atom. The normalized spacial score (nSPS) is 24.6. The van der Waals surface area contributed by atoms with E-state index in [9.17, 15) is 23.5 Å².